The van der Waals surface area contributed by atoms with E-state index in [2.05, 4.69) is 41.5 Å². The molecule has 17 heavy (non-hydrogen) atoms. The van der Waals surface area contributed by atoms with Crippen LogP contribution in [0.25, 0.3) is 0 Å². The summed E-state index contributed by atoms with van der Waals surface area (Å²) >= 11 is 0. The maximum absolute atomic E-state index is 6.15. The van der Waals surface area contributed by atoms with E-state index in [4.69, 9.17) is 9.31 Å². The fourth-order valence-electron chi connectivity index (χ4n) is 3.22. The lowest BCUT2D eigenvalue weighted by Gasteiger charge is -2.47. The van der Waals surface area contributed by atoms with Gasteiger partial charge in [0.2, 0.25) is 0 Å². The molecule has 0 bridgehead atoms. The molecule has 0 spiro atoms. The molecule has 1 saturated heterocycles. The largest absolute Gasteiger partial charge is 0.457 e. The van der Waals surface area contributed by atoms with E-state index >= 15 is 0 Å². The highest BCUT2D eigenvalue weighted by Crippen LogP contribution is 2.49. The van der Waals surface area contributed by atoms with Crippen molar-refractivity contribution in [3.63, 3.8) is 0 Å². The smallest absolute Gasteiger partial charge is 0.406 e. The number of hydrogen-bond acceptors (Lipinski definition) is 2. The van der Waals surface area contributed by atoms with Crippen LogP contribution in [0.1, 0.15) is 48.0 Å². The first-order valence-electron chi connectivity index (χ1n) is 7.13. The van der Waals surface area contributed by atoms with Crippen molar-refractivity contribution in [3.05, 3.63) is 0 Å². The Morgan fingerprint density at radius 3 is 2.47 bits per heavy atom. The summed E-state index contributed by atoms with van der Waals surface area (Å²) in [6.07, 6.45) is 2.81. The molecule has 0 aromatic rings. The van der Waals surface area contributed by atoms with E-state index in [0.717, 1.165) is 12.7 Å². The molecule has 2 rings (SSSR count). The third-order valence-corrected chi connectivity index (χ3v) is 5.19. The summed E-state index contributed by atoms with van der Waals surface area (Å²) in [5, 5.41) is 0. The second kappa shape index (κ2) is 4.58. The first kappa shape index (κ1) is 13.4. The second-order valence-corrected chi connectivity index (χ2v) is 7.08. The zero-order valence-corrected chi connectivity index (χ0v) is 12.2. The van der Waals surface area contributed by atoms with E-state index in [1.165, 1.54) is 0 Å². The Bertz CT molecular complexity index is 277. The summed E-state index contributed by atoms with van der Waals surface area (Å²) in [5.74, 6) is 1.93. The van der Waals surface area contributed by atoms with Crippen molar-refractivity contribution in [2.45, 2.75) is 66.5 Å². The van der Waals surface area contributed by atoms with Crippen molar-refractivity contribution in [3.8, 4) is 0 Å². The average Bonchev–Trinajstić information content (AvgIpc) is 2.57. The van der Waals surface area contributed by atoms with Crippen LogP contribution in [0.5, 0.6) is 0 Å². The summed E-state index contributed by atoms with van der Waals surface area (Å²) in [5.41, 5.74) is 0.358. The standard InChI is InChI=1S/C14H27BO2/c1-9(2)8-15-16-12-7-10(3)14(5,6)11(4)13(12)17-15/h9-13H,7-8H2,1-6H3/t10-,11+,12+,13-/m0/s1. The predicted octanol–water partition coefficient (Wildman–Crippen LogP) is 3.62. The molecule has 1 aliphatic carbocycles. The molecule has 0 N–H and O–H groups in total. The SMILES string of the molecule is CC(C)CB1O[C@H]2[C@@H](C)C(C)(C)[C@@H](C)C[C@H]2O1. The van der Waals surface area contributed by atoms with Crippen molar-refractivity contribution in [2.75, 3.05) is 0 Å². The van der Waals surface area contributed by atoms with Gasteiger partial charge < -0.3 is 9.31 Å². The highest BCUT2D eigenvalue weighted by molar-refractivity contribution is 6.45. The summed E-state index contributed by atoms with van der Waals surface area (Å²) < 4.78 is 12.2. The Labute approximate surface area is 107 Å². The van der Waals surface area contributed by atoms with Crippen molar-refractivity contribution in [1.29, 1.82) is 0 Å². The van der Waals surface area contributed by atoms with Gasteiger partial charge in [-0.3, -0.25) is 0 Å². The fourth-order valence-corrected chi connectivity index (χ4v) is 3.22. The molecule has 0 aromatic carbocycles. The van der Waals surface area contributed by atoms with Crippen LogP contribution >= 0.6 is 0 Å². The topological polar surface area (TPSA) is 18.5 Å². The zero-order valence-electron chi connectivity index (χ0n) is 12.2. The third-order valence-electron chi connectivity index (χ3n) is 5.19. The van der Waals surface area contributed by atoms with Crippen molar-refractivity contribution in [1.82, 2.24) is 0 Å². The molecule has 0 aromatic heterocycles. The van der Waals surface area contributed by atoms with Gasteiger partial charge in [-0.25, -0.2) is 0 Å². The minimum Gasteiger partial charge on any atom is -0.406 e. The Hall–Kier alpha value is -0.0151. The van der Waals surface area contributed by atoms with Gasteiger partial charge in [0.05, 0.1) is 12.2 Å². The fraction of sp³-hybridized carbons (Fsp3) is 1.00. The monoisotopic (exact) mass is 238 g/mol. The maximum atomic E-state index is 6.15. The van der Waals surface area contributed by atoms with Crippen LogP contribution in [0.15, 0.2) is 0 Å². The van der Waals surface area contributed by atoms with Gasteiger partial charge >= 0.3 is 7.12 Å². The van der Waals surface area contributed by atoms with Gasteiger partial charge in [-0.05, 0) is 35.9 Å². The lowest BCUT2D eigenvalue weighted by molar-refractivity contribution is -0.0453. The molecule has 1 aliphatic heterocycles. The molecule has 2 nitrogen and oxygen atoms in total. The van der Waals surface area contributed by atoms with E-state index in [9.17, 15) is 0 Å². The van der Waals surface area contributed by atoms with Crippen LogP contribution in [0.3, 0.4) is 0 Å². The van der Waals surface area contributed by atoms with Gasteiger partial charge in [-0.15, -0.1) is 0 Å². The molecular formula is C14H27BO2. The molecule has 98 valence electrons. The highest BCUT2D eigenvalue weighted by atomic mass is 16.7. The second-order valence-electron chi connectivity index (χ2n) is 7.08. The van der Waals surface area contributed by atoms with Crippen molar-refractivity contribution < 1.29 is 9.31 Å². The van der Waals surface area contributed by atoms with E-state index in [0.29, 0.717) is 35.4 Å². The molecule has 2 aliphatic rings. The van der Waals surface area contributed by atoms with E-state index in [1.54, 1.807) is 0 Å². The van der Waals surface area contributed by atoms with Crippen LogP contribution in [0.2, 0.25) is 6.32 Å². The number of hydrogen-bond donors (Lipinski definition) is 0. The number of rotatable bonds is 2. The normalized spacial score (nSPS) is 40.8. The average molecular weight is 238 g/mol. The first-order valence-corrected chi connectivity index (χ1v) is 7.13. The van der Waals surface area contributed by atoms with Crippen molar-refractivity contribution in [2.24, 2.45) is 23.2 Å². The summed E-state index contributed by atoms with van der Waals surface area (Å²) in [4.78, 5) is 0. The summed E-state index contributed by atoms with van der Waals surface area (Å²) in [6.45, 7) is 13.9. The molecule has 1 heterocycles. The van der Waals surface area contributed by atoms with Crippen LogP contribution in [-0.2, 0) is 9.31 Å². The van der Waals surface area contributed by atoms with Gasteiger partial charge in [-0.2, -0.15) is 0 Å². The Balaban J connectivity index is 2.06. The molecule has 3 heteroatoms. The zero-order chi connectivity index (χ0) is 12.8. The molecule has 0 radical (unpaired) electrons. The van der Waals surface area contributed by atoms with Crippen molar-refractivity contribution >= 4 is 7.12 Å². The quantitative estimate of drug-likeness (QED) is 0.684. The van der Waals surface area contributed by atoms with E-state index in [1.807, 2.05) is 0 Å². The molecule has 1 saturated carbocycles. The van der Waals surface area contributed by atoms with E-state index < -0.39 is 0 Å². The molecular weight excluding hydrogens is 211 g/mol. The Morgan fingerprint density at radius 1 is 1.24 bits per heavy atom. The molecule has 0 amide bonds. The van der Waals surface area contributed by atoms with Gasteiger partial charge in [0.15, 0.2) is 0 Å². The summed E-state index contributed by atoms with van der Waals surface area (Å²) in [6, 6.07) is 0. The van der Waals surface area contributed by atoms with Crippen LogP contribution in [0.4, 0.5) is 0 Å². The van der Waals surface area contributed by atoms with Crippen LogP contribution < -0.4 is 0 Å². The van der Waals surface area contributed by atoms with Crippen LogP contribution in [-0.4, -0.2) is 19.3 Å². The minimum absolute atomic E-state index is 0.0357. The molecule has 2 fully saturated rings. The first-order chi connectivity index (χ1) is 7.82. The highest BCUT2D eigenvalue weighted by Gasteiger charge is 2.52. The van der Waals surface area contributed by atoms with Crippen LogP contribution in [0, 0.1) is 23.2 Å². The van der Waals surface area contributed by atoms with Gasteiger partial charge in [-0.1, -0.05) is 41.5 Å². The summed E-state index contributed by atoms with van der Waals surface area (Å²) in [7, 11) is 0.0357. The molecule has 4 atom stereocenters. The molecule has 0 unspecified atom stereocenters. The Kier molecular flexibility index (Phi) is 3.62. The van der Waals surface area contributed by atoms with Gasteiger partial charge in [0.25, 0.3) is 0 Å². The van der Waals surface area contributed by atoms with Gasteiger partial charge in [0.1, 0.15) is 0 Å². The Morgan fingerprint density at radius 2 is 1.88 bits per heavy atom. The van der Waals surface area contributed by atoms with Gasteiger partial charge in [0, 0.05) is 0 Å². The lowest BCUT2D eigenvalue weighted by Crippen LogP contribution is -2.48. The van der Waals surface area contributed by atoms with E-state index in [-0.39, 0.29) is 7.12 Å². The maximum Gasteiger partial charge on any atom is 0.457 e. The third kappa shape index (κ3) is 2.41. The number of fused-ring (bicyclic) bond motifs is 1. The minimum atomic E-state index is 0.0357. The predicted molar refractivity (Wildman–Crippen MR) is 71.9 cm³/mol. The lowest BCUT2D eigenvalue weighted by atomic mass is 9.61.